The summed E-state index contributed by atoms with van der Waals surface area (Å²) in [5.41, 5.74) is 0.616. The van der Waals surface area contributed by atoms with Gasteiger partial charge in [-0.25, -0.2) is 4.99 Å². The van der Waals surface area contributed by atoms with Gasteiger partial charge in [0.1, 0.15) is 6.54 Å². The molecule has 1 aliphatic heterocycles. The number of nitrogens with zero attached hydrogens (tertiary/aromatic N) is 2. The molecule has 1 amide bonds. The number of hydrogen-bond donors (Lipinski definition) is 2. The Balaban J connectivity index is 2.06. The average molecular weight is 367 g/mol. The number of aliphatic imine (C=N–C) groups is 1. The average Bonchev–Trinajstić information content (AvgIpc) is 2.50. The maximum atomic E-state index is 12.0. The van der Waals surface area contributed by atoms with Gasteiger partial charge in [-0.1, -0.05) is 27.7 Å². The molecule has 0 unspecified atom stereocenters. The number of guanidine groups is 1. The van der Waals surface area contributed by atoms with Gasteiger partial charge in [-0.05, 0) is 42.9 Å². The second-order valence-electron chi connectivity index (χ2n) is 9.74. The third-order valence-corrected chi connectivity index (χ3v) is 5.33. The molecular weight excluding hydrogens is 328 g/mol. The summed E-state index contributed by atoms with van der Waals surface area (Å²) in [4.78, 5) is 18.2. The van der Waals surface area contributed by atoms with Gasteiger partial charge in [-0.15, -0.1) is 0 Å². The molecule has 0 spiro atoms. The van der Waals surface area contributed by atoms with Crippen molar-refractivity contribution < 1.29 is 9.53 Å². The van der Waals surface area contributed by atoms with Crippen molar-refractivity contribution in [3.63, 3.8) is 0 Å². The predicted octanol–water partition coefficient (Wildman–Crippen LogP) is 2.39. The first kappa shape index (κ1) is 21.0. The normalized spacial score (nSPS) is 24.2. The lowest BCUT2D eigenvalue weighted by atomic mass is 9.63. The molecule has 2 N–H and O–H groups in total. The van der Waals surface area contributed by atoms with Crippen molar-refractivity contribution in [2.45, 2.75) is 71.9 Å². The molecular formula is C20H38N4O2. The highest BCUT2D eigenvalue weighted by atomic mass is 16.5. The zero-order valence-corrected chi connectivity index (χ0v) is 17.5. The number of nitrogens with one attached hydrogen (secondary N) is 2. The summed E-state index contributed by atoms with van der Waals surface area (Å²) in [5.74, 6) is 0.785. The fraction of sp³-hybridized carbons (Fsp3) is 0.900. The summed E-state index contributed by atoms with van der Waals surface area (Å²) < 4.78 is 5.45. The first-order valence-electron chi connectivity index (χ1n) is 9.92. The number of carbonyl (C=O) groups is 1. The molecule has 0 aromatic rings. The molecule has 0 aromatic carbocycles. The first-order valence-corrected chi connectivity index (χ1v) is 9.92. The van der Waals surface area contributed by atoms with Crippen molar-refractivity contribution in [2.24, 2.45) is 15.8 Å². The van der Waals surface area contributed by atoms with Crippen molar-refractivity contribution in [3.8, 4) is 0 Å². The van der Waals surface area contributed by atoms with Crippen molar-refractivity contribution in [1.29, 1.82) is 0 Å². The number of amides is 1. The molecule has 6 nitrogen and oxygen atoms in total. The fourth-order valence-corrected chi connectivity index (χ4v) is 4.60. The van der Waals surface area contributed by atoms with Crippen LogP contribution >= 0.6 is 0 Å². The van der Waals surface area contributed by atoms with Gasteiger partial charge in [-0.3, -0.25) is 4.79 Å². The van der Waals surface area contributed by atoms with E-state index in [9.17, 15) is 4.79 Å². The van der Waals surface area contributed by atoms with Crippen molar-refractivity contribution in [2.75, 3.05) is 33.9 Å². The SMILES string of the molecule is CN(C)C(=O)CN=C(NC1CCOCC1)NC1CC(C)(C)CC(C)(C)C1. The van der Waals surface area contributed by atoms with Crippen LogP contribution in [0.2, 0.25) is 0 Å². The molecule has 2 rings (SSSR count). The second kappa shape index (κ2) is 8.59. The zero-order chi connectivity index (χ0) is 19.4. The predicted molar refractivity (Wildman–Crippen MR) is 106 cm³/mol. The summed E-state index contributed by atoms with van der Waals surface area (Å²) in [7, 11) is 3.53. The minimum atomic E-state index is 0.0161. The molecule has 26 heavy (non-hydrogen) atoms. The van der Waals surface area contributed by atoms with Gasteiger partial charge in [0.2, 0.25) is 5.91 Å². The lowest BCUT2D eigenvalue weighted by molar-refractivity contribution is -0.127. The molecule has 0 aromatic heterocycles. The molecule has 2 aliphatic rings. The van der Waals surface area contributed by atoms with E-state index in [1.54, 1.807) is 19.0 Å². The second-order valence-corrected chi connectivity index (χ2v) is 9.74. The van der Waals surface area contributed by atoms with Gasteiger partial charge < -0.3 is 20.3 Å². The quantitative estimate of drug-likeness (QED) is 0.592. The van der Waals surface area contributed by atoms with E-state index >= 15 is 0 Å². The Morgan fingerprint density at radius 3 is 2.12 bits per heavy atom. The molecule has 1 saturated heterocycles. The molecule has 1 heterocycles. The van der Waals surface area contributed by atoms with Crippen molar-refractivity contribution in [1.82, 2.24) is 15.5 Å². The van der Waals surface area contributed by atoms with Crippen LogP contribution in [0.1, 0.15) is 59.8 Å². The number of rotatable bonds is 4. The highest BCUT2D eigenvalue weighted by Crippen LogP contribution is 2.45. The van der Waals surface area contributed by atoms with Gasteiger partial charge in [-0.2, -0.15) is 0 Å². The highest BCUT2D eigenvalue weighted by Gasteiger charge is 2.38. The lowest BCUT2D eigenvalue weighted by Gasteiger charge is -2.45. The van der Waals surface area contributed by atoms with Gasteiger partial charge in [0.25, 0.3) is 0 Å². The van der Waals surface area contributed by atoms with Gasteiger partial charge >= 0.3 is 0 Å². The molecule has 0 atom stereocenters. The molecule has 1 aliphatic carbocycles. The number of hydrogen-bond acceptors (Lipinski definition) is 3. The van der Waals surface area contributed by atoms with Gasteiger partial charge in [0, 0.05) is 39.4 Å². The van der Waals surface area contributed by atoms with E-state index in [2.05, 4.69) is 43.3 Å². The smallest absolute Gasteiger partial charge is 0.243 e. The van der Waals surface area contributed by atoms with Gasteiger partial charge in [0.05, 0.1) is 0 Å². The van der Waals surface area contributed by atoms with E-state index in [0.717, 1.165) is 44.9 Å². The van der Waals surface area contributed by atoms with E-state index < -0.39 is 0 Å². The van der Waals surface area contributed by atoms with Crippen LogP contribution in [0.5, 0.6) is 0 Å². The third kappa shape index (κ3) is 6.78. The number of likely N-dealkylation sites (N-methyl/N-ethyl adjacent to an activating group) is 1. The Morgan fingerprint density at radius 2 is 1.58 bits per heavy atom. The van der Waals surface area contributed by atoms with Crippen LogP contribution in [0.3, 0.4) is 0 Å². The van der Waals surface area contributed by atoms with E-state index in [1.165, 1.54) is 6.42 Å². The number of carbonyl (C=O) groups excluding carboxylic acids is 1. The van der Waals surface area contributed by atoms with E-state index in [4.69, 9.17) is 4.74 Å². The summed E-state index contributed by atoms with van der Waals surface area (Å²) >= 11 is 0. The summed E-state index contributed by atoms with van der Waals surface area (Å²) in [5, 5.41) is 7.18. The molecule has 150 valence electrons. The highest BCUT2D eigenvalue weighted by molar-refractivity contribution is 5.85. The molecule has 1 saturated carbocycles. The van der Waals surface area contributed by atoms with Crippen molar-refractivity contribution >= 4 is 11.9 Å². The Bertz CT molecular complexity index is 492. The minimum Gasteiger partial charge on any atom is -0.381 e. The topological polar surface area (TPSA) is 66.0 Å². The fourth-order valence-electron chi connectivity index (χ4n) is 4.60. The Hall–Kier alpha value is -1.30. The van der Waals surface area contributed by atoms with E-state index in [0.29, 0.717) is 22.9 Å². The standard InChI is InChI=1S/C20H38N4O2/c1-19(2)11-16(12-20(3,4)14-19)23-18(21-13-17(25)24(5)6)22-15-7-9-26-10-8-15/h15-16H,7-14H2,1-6H3,(H2,21,22,23). The van der Waals surface area contributed by atoms with Crippen LogP contribution < -0.4 is 10.6 Å². The van der Waals surface area contributed by atoms with Crippen LogP contribution in [0.25, 0.3) is 0 Å². The Morgan fingerprint density at radius 1 is 1.04 bits per heavy atom. The molecule has 0 bridgehead atoms. The summed E-state index contributed by atoms with van der Waals surface area (Å²) in [6.45, 7) is 11.1. The zero-order valence-electron chi connectivity index (χ0n) is 17.5. The van der Waals surface area contributed by atoms with Gasteiger partial charge in [0.15, 0.2) is 5.96 Å². The maximum Gasteiger partial charge on any atom is 0.243 e. The van der Waals surface area contributed by atoms with Crippen LogP contribution in [-0.2, 0) is 9.53 Å². The van der Waals surface area contributed by atoms with Crippen LogP contribution in [0.15, 0.2) is 4.99 Å². The Labute approximate surface area is 159 Å². The summed E-state index contributed by atoms with van der Waals surface area (Å²) in [6.07, 6.45) is 5.42. The van der Waals surface area contributed by atoms with E-state index in [1.807, 2.05) is 0 Å². The molecule has 6 heteroatoms. The van der Waals surface area contributed by atoms with Crippen LogP contribution in [0.4, 0.5) is 0 Å². The maximum absolute atomic E-state index is 12.0. The summed E-state index contributed by atoms with van der Waals surface area (Å²) in [6, 6.07) is 0.725. The van der Waals surface area contributed by atoms with Crippen LogP contribution in [0, 0.1) is 10.8 Å². The lowest BCUT2D eigenvalue weighted by Crippen LogP contribution is -2.52. The third-order valence-electron chi connectivity index (χ3n) is 5.33. The first-order chi connectivity index (χ1) is 12.1. The molecule has 2 fully saturated rings. The molecule has 0 radical (unpaired) electrons. The van der Waals surface area contributed by atoms with Crippen LogP contribution in [-0.4, -0.2) is 62.7 Å². The Kier molecular flexibility index (Phi) is 6.94. The van der Waals surface area contributed by atoms with E-state index in [-0.39, 0.29) is 12.5 Å². The largest absolute Gasteiger partial charge is 0.381 e. The minimum absolute atomic E-state index is 0.0161. The monoisotopic (exact) mass is 366 g/mol. The number of ether oxygens (including phenoxy) is 1. The van der Waals surface area contributed by atoms with Crippen molar-refractivity contribution in [3.05, 3.63) is 0 Å².